The first-order valence-corrected chi connectivity index (χ1v) is 5.23. The zero-order valence-electron chi connectivity index (χ0n) is 9.90. The Morgan fingerprint density at radius 2 is 2.26 bits per heavy atom. The molecular weight excluding hydrogens is 254 g/mol. The highest BCUT2D eigenvalue weighted by atomic mass is 16.6. The van der Waals surface area contributed by atoms with Gasteiger partial charge in [0.15, 0.2) is 0 Å². The molecule has 8 nitrogen and oxygen atoms in total. The van der Waals surface area contributed by atoms with E-state index < -0.39 is 16.5 Å². The Balaban J connectivity index is 2.54. The molecule has 2 rings (SSSR count). The van der Waals surface area contributed by atoms with Gasteiger partial charge in [-0.2, -0.15) is 0 Å². The number of carbonyl (C=O) groups excluding carboxylic acids is 1. The van der Waals surface area contributed by atoms with Crippen molar-refractivity contribution in [2.75, 3.05) is 7.11 Å². The fourth-order valence-corrected chi connectivity index (χ4v) is 1.58. The average Bonchev–Trinajstić information content (AvgIpc) is 2.41. The number of non-ortho nitro benzene ring substituents is 1. The molecule has 0 fully saturated rings. The van der Waals surface area contributed by atoms with Crippen LogP contribution in [0.4, 0.5) is 5.69 Å². The summed E-state index contributed by atoms with van der Waals surface area (Å²) in [4.78, 5) is 37.1. The van der Waals surface area contributed by atoms with Crippen LogP contribution in [0, 0.1) is 10.1 Å². The van der Waals surface area contributed by atoms with Gasteiger partial charge in [-0.25, -0.2) is 4.98 Å². The maximum atomic E-state index is 12.0. The molecule has 2 aromatic rings. The first-order valence-electron chi connectivity index (χ1n) is 5.23. The summed E-state index contributed by atoms with van der Waals surface area (Å²) in [6, 6.07) is 3.74. The van der Waals surface area contributed by atoms with Gasteiger partial charge in [-0.3, -0.25) is 24.3 Å². The molecule has 0 bridgehead atoms. The highest BCUT2D eigenvalue weighted by molar-refractivity contribution is 5.80. The summed E-state index contributed by atoms with van der Waals surface area (Å²) in [5.74, 6) is -0.579. The fraction of sp³-hybridized carbons (Fsp3) is 0.182. The van der Waals surface area contributed by atoms with Gasteiger partial charge in [0.25, 0.3) is 11.2 Å². The predicted octanol–water partition coefficient (Wildman–Crippen LogP) is 0.478. The number of nitro benzene ring substituents is 1. The molecule has 0 unspecified atom stereocenters. The van der Waals surface area contributed by atoms with Crippen molar-refractivity contribution in [3.8, 4) is 0 Å². The molecule has 0 aliphatic rings. The van der Waals surface area contributed by atoms with E-state index in [1.54, 1.807) is 0 Å². The lowest BCUT2D eigenvalue weighted by molar-refractivity contribution is -0.384. The van der Waals surface area contributed by atoms with E-state index in [2.05, 4.69) is 9.72 Å². The van der Waals surface area contributed by atoms with Crippen LogP contribution in [0.1, 0.15) is 0 Å². The van der Waals surface area contributed by atoms with Crippen LogP contribution in [0.2, 0.25) is 0 Å². The minimum atomic E-state index is -0.579. The maximum absolute atomic E-state index is 12.0. The Bertz CT molecular complexity index is 722. The van der Waals surface area contributed by atoms with Crippen molar-refractivity contribution < 1.29 is 14.5 Å². The smallest absolute Gasteiger partial charge is 0.325 e. The van der Waals surface area contributed by atoms with Crippen LogP contribution in [0.3, 0.4) is 0 Å². The van der Waals surface area contributed by atoms with Crippen molar-refractivity contribution in [2.45, 2.75) is 6.54 Å². The standard InChI is InChI=1S/C11H9N3O5/c1-19-10(15)5-13-6-12-9-4-7(14(17)18)2-3-8(9)11(13)16/h2-4,6H,5H2,1H3. The summed E-state index contributed by atoms with van der Waals surface area (Å²) in [6.07, 6.45) is 1.16. The molecule has 1 heterocycles. The lowest BCUT2D eigenvalue weighted by atomic mass is 10.2. The molecule has 0 saturated carbocycles. The molecule has 0 radical (unpaired) electrons. The van der Waals surface area contributed by atoms with Gasteiger partial charge < -0.3 is 4.74 Å². The number of carbonyl (C=O) groups is 1. The van der Waals surface area contributed by atoms with Crippen molar-refractivity contribution in [2.24, 2.45) is 0 Å². The molecule has 0 saturated heterocycles. The normalized spacial score (nSPS) is 10.4. The SMILES string of the molecule is COC(=O)Cn1cnc2cc([N+](=O)[O-])ccc2c1=O. The minimum Gasteiger partial charge on any atom is -0.468 e. The maximum Gasteiger partial charge on any atom is 0.325 e. The van der Waals surface area contributed by atoms with Gasteiger partial charge in [0, 0.05) is 12.1 Å². The summed E-state index contributed by atoms with van der Waals surface area (Å²) in [5, 5.41) is 10.8. The number of rotatable bonds is 3. The highest BCUT2D eigenvalue weighted by Gasteiger charge is 2.11. The molecule has 19 heavy (non-hydrogen) atoms. The van der Waals surface area contributed by atoms with Crippen molar-refractivity contribution in [3.05, 3.63) is 45.0 Å². The number of esters is 1. The monoisotopic (exact) mass is 263 g/mol. The highest BCUT2D eigenvalue weighted by Crippen LogP contribution is 2.16. The van der Waals surface area contributed by atoms with Gasteiger partial charge in [-0.15, -0.1) is 0 Å². The molecule has 0 spiro atoms. The minimum absolute atomic E-state index is 0.148. The summed E-state index contributed by atoms with van der Waals surface area (Å²) < 4.78 is 5.54. The van der Waals surface area contributed by atoms with E-state index in [-0.39, 0.29) is 23.1 Å². The first-order chi connectivity index (χ1) is 9.02. The van der Waals surface area contributed by atoms with Crippen LogP contribution in [-0.2, 0) is 16.1 Å². The Kier molecular flexibility index (Phi) is 3.23. The van der Waals surface area contributed by atoms with Crippen LogP contribution in [0.5, 0.6) is 0 Å². The number of fused-ring (bicyclic) bond motifs is 1. The van der Waals surface area contributed by atoms with Gasteiger partial charge >= 0.3 is 5.97 Å². The van der Waals surface area contributed by atoms with Crippen LogP contribution >= 0.6 is 0 Å². The number of hydrogen-bond acceptors (Lipinski definition) is 6. The second kappa shape index (κ2) is 4.84. The Labute approximate surface area is 106 Å². The lowest BCUT2D eigenvalue weighted by Crippen LogP contribution is -2.25. The van der Waals surface area contributed by atoms with E-state index in [4.69, 9.17) is 0 Å². The van der Waals surface area contributed by atoms with Crippen LogP contribution in [0.25, 0.3) is 10.9 Å². The molecule has 0 aliphatic heterocycles. The Morgan fingerprint density at radius 1 is 1.53 bits per heavy atom. The molecule has 1 aromatic heterocycles. The molecule has 0 amide bonds. The van der Waals surface area contributed by atoms with E-state index in [1.807, 2.05) is 0 Å². The molecule has 0 aliphatic carbocycles. The van der Waals surface area contributed by atoms with E-state index in [0.717, 1.165) is 10.9 Å². The van der Waals surface area contributed by atoms with E-state index in [1.165, 1.54) is 25.3 Å². The molecule has 0 atom stereocenters. The van der Waals surface area contributed by atoms with E-state index in [0.29, 0.717) is 0 Å². The Hall–Kier alpha value is -2.77. The second-order valence-corrected chi connectivity index (χ2v) is 3.71. The third-order valence-electron chi connectivity index (χ3n) is 2.55. The zero-order valence-corrected chi connectivity index (χ0v) is 9.90. The Morgan fingerprint density at radius 3 is 2.89 bits per heavy atom. The molecule has 1 aromatic carbocycles. The zero-order chi connectivity index (χ0) is 14.0. The van der Waals surface area contributed by atoms with Gasteiger partial charge in [0.2, 0.25) is 0 Å². The largest absolute Gasteiger partial charge is 0.468 e. The number of nitro groups is 1. The van der Waals surface area contributed by atoms with Crippen LogP contribution in [0.15, 0.2) is 29.3 Å². The average molecular weight is 263 g/mol. The summed E-state index contributed by atoms with van der Waals surface area (Å²) in [7, 11) is 1.21. The molecule has 8 heteroatoms. The van der Waals surface area contributed by atoms with E-state index >= 15 is 0 Å². The molecular formula is C11H9N3O5. The summed E-state index contributed by atoms with van der Waals surface area (Å²) >= 11 is 0. The molecule has 0 N–H and O–H groups in total. The van der Waals surface area contributed by atoms with Gasteiger partial charge in [-0.05, 0) is 6.07 Å². The van der Waals surface area contributed by atoms with Gasteiger partial charge in [0.1, 0.15) is 6.54 Å². The van der Waals surface area contributed by atoms with Crippen molar-refractivity contribution >= 4 is 22.6 Å². The lowest BCUT2D eigenvalue weighted by Gasteiger charge is -2.04. The third kappa shape index (κ3) is 2.41. The van der Waals surface area contributed by atoms with E-state index in [9.17, 15) is 19.7 Å². The second-order valence-electron chi connectivity index (χ2n) is 3.71. The number of methoxy groups -OCH3 is 1. The van der Waals surface area contributed by atoms with Gasteiger partial charge in [0.05, 0.1) is 29.3 Å². The summed E-state index contributed by atoms with van der Waals surface area (Å²) in [5.41, 5.74) is -0.393. The number of benzene rings is 1. The van der Waals surface area contributed by atoms with Crippen molar-refractivity contribution in [1.29, 1.82) is 0 Å². The van der Waals surface area contributed by atoms with Crippen molar-refractivity contribution in [3.63, 3.8) is 0 Å². The number of nitrogens with zero attached hydrogens (tertiary/aromatic N) is 3. The number of hydrogen-bond donors (Lipinski definition) is 0. The van der Waals surface area contributed by atoms with Crippen LogP contribution in [-0.4, -0.2) is 27.6 Å². The summed E-state index contributed by atoms with van der Waals surface area (Å²) in [6.45, 7) is -0.255. The fourth-order valence-electron chi connectivity index (χ4n) is 1.58. The quantitative estimate of drug-likeness (QED) is 0.453. The van der Waals surface area contributed by atoms with Gasteiger partial charge in [-0.1, -0.05) is 0 Å². The van der Waals surface area contributed by atoms with Crippen molar-refractivity contribution in [1.82, 2.24) is 9.55 Å². The number of ether oxygens (including phenoxy) is 1. The number of aromatic nitrogens is 2. The topological polar surface area (TPSA) is 104 Å². The third-order valence-corrected chi connectivity index (χ3v) is 2.55. The first kappa shape index (κ1) is 12.7. The van der Waals surface area contributed by atoms with Crippen LogP contribution < -0.4 is 5.56 Å². The molecule has 98 valence electrons. The predicted molar refractivity (Wildman–Crippen MR) is 64.7 cm³/mol.